The summed E-state index contributed by atoms with van der Waals surface area (Å²) in [7, 11) is -2.19. The van der Waals surface area contributed by atoms with Crippen LogP contribution in [0.5, 0.6) is 11.5 Å². The third-order valence-electron chi connectivity index (χ3n) is 4.56. The Labute approximate surface area is 169 Å². The van der Waals surface area contributed by atoms with E-state index in [1.165, 1.54) is 25.1 Å². The first-order valence-electron chi connectivity index (χ1n) is 9.00. The van der Waals surface area contributed by atoms with Gasteiger partial charge in [-0.15, -0.1) is 0 Å². The number of carbonyl (C=O) groups excluding carboxylic acids is 2. The highest BCUT2D eigenvalue weighted by molar-refractivity contribution is 7.92. The summed E-state index contributed by atoms with van der Waals surface area (Å²) >= 11 is 0. The first kappa shape index (κ1) is 20.7. The van der Waals surface area contributed by atoms with Gasteiger partial charge in [-0.3, -0.25) is 9.59 Å². The van der Waals surface area contributed by atoms with E-state index in [2.05, 4.69) is 10.6 Å². The lowest BCUT2D eigenvalue weighted by Crippen LogP contribution is -2.30. The average molecular weight is 418 g/mol. The molecule has 0 bridgehead atoms. The van der Waals surface area contributed by atoms with Crippen LogP contribution in [-0.4, -0.2) is 39.2 Å². The number of amides is 2. The zero-order valence-electron chi connectivity index (χ0n) is 16.1. The quantitative estimate of drug-likeness (QED) is 0.711. The molecule has 0 aromatic heterocycles. The van der Waals surface area contributed by atoms with Crippen molar-refractivity contribution in [1.29, 1.82) is 0 Å². The van der Waals surface area contributed by atoms with Crippen molar-refractivity contribution in [2.75, 3.05) is 19.0 Å². The van der Waals surface area contributed by atoms with E-state index in [0.717, 1.165) is 5.56 Å². The Kier molecular flexibility index (Phi) is 6.07. The Morgan fingerprint density at radius 1 is 1.24 bits per heavy atom. The second kappa shape index (κ2) is 8.52. The molecule has 154 valence electrons. The molecular formula is C20H22N2O6S. The van der Waals surface area contributed by atoms with Crippen molar-refractivity contribution in [1.82, 2.24) is 5.32 Å². The predicted molar refractivity (Wildman–Crippen MR) is 107 cm³/mol. The number of hydrogen-bond donors (Lipinski definition) is 2. The molecule has 8 nitrogen and oxygen atoms in total. The molecule has 1 aliphatic rings. The fraction of sp³-hybridized carbons (Fsp3) is 0.300. The van der Waals surface area contributed by atoms with E-state index >= 15 is 0 Å². The van der Waals surface area contributed by atoms with Gasteiger partial charge in [0.1, 0.15) is 11.5 Å². The minimum absolute atomic E-state index is 0.0255. The lowest BCUT2D eigenvalue weighted by molar-refractivity contribution is -0.121. The van der Waals surface area contributed by atoms with Gasteiger partial charge in [0, 0.05) is 13.0 Å². The molecule has 0 saturated heterocycles. The summed E-state index contributed by atoms with van der Waals surface area (Å²) in [5, 5.41) is 4.37. The van der Waals surface area contributed by atoms with Crippen molar-refractivity contribution in [3.05, 3.63) is 48.0 Å². The molecule has 2 N–H and O–H groups in total. The van der Waals surface area contributed by atoms with Crippen LogP contribution in [0.25, 0.3) is 0 Å². The van der Waals surface area contributed by atoms with Crippen LogP contribution in [0, 0.1) is 0 Å². The third kappa shape index (κ3) is 4.86. The number of carbonyl (C=O) groups is 2. The minimum Gasteiger partial charge on any atom is -0.497 e. The summed E-state index contributed by atoms with van der Waals surface area (Å²) in [6.07, 6.45) is -0.182. The molecule has 1 aliphatic heterocycles. The van der Waals surface area contributed by atoms with Crippen LogP contribution in [0.15, 0.2) is 47.4 Å². The Morgan fingerprint density at radius 2 is 1.97 bits per heavy atom. The van der Waals surface area contributed by atoms with Crippen LogP contribution in [-0.2, 0) is 26.0 Å². The molecule has 2 aromatic rings. The van der Waals surface area contributed by atoms with Gasteiger partial charge in [-0.05, 0) is 42.8 Å². The molecule has 0 spiro atoms. The van der Waals surface area contributed by atoms with Gasteiger partial charge in [0.25, 0.3) is 5.91 Å². The predicted octanol–water partition coefficient (Wildman–Crippen LogP) is 1.89. The van der Waals surface area contributed by atoms with Gasteiger partial charge in [0.15, 0.2) is 16.4 Å². The highest BCUT2D eigenvalue weighted by Gasteiger charge is 2.27. The maximum absolute atomic E-state index is 12.8. The summed E-state index contributed by atoms with van der Waals surface area (Å²) in [6, 6.07) is 11.5. The summed E-state index contributed by atoms with van der Waals surface area (Å²) in [4.78, 5) is 23.7. The van der Waals surface area contributed by atoms with Crippen LogP contribution < -0.4 is 20.1 Å². The molecule has 9 heteroatoms. The lowest BCUT2D eigenvalue weighted by Gasteiger charge is -2.19. The molecule has 1 atom stereocenters. The number of methoxy groups -OCH3 is 1. The topological polar surface area (TPSA) is 111 Å². The van der Waals surface area contributed by atoms with E-state index in [1.807, 2.05) is 12.1 Å². The first-order valence-corrected chi connectivity index (χ1v) is 10.5. The van der Waals surface area contributed by atoms with E-state index in [0.29, 0.717) is 17.2 Å². The molecule has 2 aromatic carbocycles. The monoisotopic (exact) mass is 418 g/mol. The van der Waals surface area contributed by atoms with Crippen molar-refractivity contribution >= 4 is 27.3 Å². The lowest BCUT2D eigenvalue weighted by atomic mass is 10.2. The maximum atomic E-state index is 12.8. The second-order valence-corrected chi connectivity index (χ2v) is 9.05. The van der Waals surface area contributed by atoms with Crippen LogP contribution in [0.3, 0.4) is 0 Å². The summed E-state index contributed by atoms with van der Waals surface area (Å²) in [5.41, 5.74) is 1.18. The van der Waals surface area contributed by atoms with Gasteiger partial charge < -0.3 is 20.1 Å². The molecule has 3 rings (SSSR count). The number of benzene rings is 2. The van der Waals surface area contributed by atoms with E-state index in [9.17, 15) is 18.0 Å². The molecule has 0 radical (unpaired) electrons. The van der Waals surface area contributed by atoms with E-state index < -0.39 is 15.1 Å². The van der Waals surface area contributed by atoms with Crippen LogP contribution >= 0.6 is 0 Å². The minimum atomic E-state index is -3.76. The summed E-state index contributed by atoms with van der Waals surface area (Å²) < 4.78 is 36.0. The van der Waals surface area contributed by atoms with Gasteiger partial charge in [0.05, 0.1) is 22.9 Å². The number of ether oxygens (including phenoxy) is 2. The molecule has 0 unspecified atom stereocenters. The third-order valence-corrected chi connectivity index (χ3v) is 6.70. The molecule has 29 heavy (non-hydrogen) atoms. The number of fused-ring (bicyclic) bond motifs is 1. The molecule has 0 fully saturated rings. The largest absolute Gasteiger partial charge is 0.497 e. The number of sulfone groups is 1. The van der Waals surface area contributed by atoms with Crippen molar-refractivity contribution in [2.45, 2.75) is 30.0 Å². The zero-order chi connectivity index (χ0) is 21.0. The summed E-state index contributed by atoms with van der Waals surface area (Å²) in [5.74, 6) is 0.407. The number of hydrogen-bond acceptors (Lipinski definition) is 6. The van der Waals surface area contributed by atoms with Gasteiger partial charge in [-0.2, -0.15) is 0 Å². The molecule has 0 aliphatic carbocycles. The Hall–Kier alpha value is -3.07. The Balaban J connectivity index is 1.62. The molecule has 2 amide bonds. The van der Waals surface area contributed by atoms with Crippen molar-refractivity contribution in [2.24, 2.45) is 0 Å². The smallest absolute Gasteiger partial charge is 0.262 e. The maximum Gasteiger partial charge on any atom is 0.262 e. The Morgan fingerprint density at radius 3 is 2.66 bits per heavy atom. The van der Waals surface area contributed by atoms with Crippen molar-refractivity contribution in [3.63, 3.8) is 0 Å². The highest BCUT2D eigenvalue weighted by atomic mass is 32.2. The fourth-order valence-electron chi connectivity index (χ4n) is 2.86. The van der Waals surface area contributed by atoms with Gasteiger partial charge in [0.2, 0.25) is 5.91 Å². The van der Waals surface area contributed by atoms with Crippen LogP contribution in [0.4, 0.5) is 5.69 Å². The second-order valence-electron chi connectivity index (χ2n) is 6.68. The fourth-order valence-corrected chi connectivity index (χ4v) is 4.23. The van der Waals surface area contributed by atoms with Crippen LogP contribution in [0.1, 0.15) is 18.9 Å². The van der Waals surface area contributed by atoms with E-state index in [1.54, 1.807) is 19.2 Å². The van der Waals surface area contributed by atoms with Crippen molar-refractivity contribution in [3.8, 4) is 11.5 Å². The highest BCUT2D eigenvalue weighted by Crippen LogP contribution is 2.31. The van der Waals surface area contributed by atoms with Gasteiger partial charge >= 0.3 is 0 Å². The van der Waals surface area contributed by atoms with Gasteiger partial charge in [-0.1, -0.05) is 12.1 Å². The van der Waals surface area contributed by atoms with E-state index in [-0.39, 0.29) is 36.3 Å². The summed E-state index contributed by atoms with van der Waals surface area (Å²) in [6.45, 7) is 1.67. The average Bonchev–Trinajstić information content (AvgIpc) is 2.71. The van der Waals surface area contributed by atoms with Crippen molar-refractivity contribution < 1.29 is 27.5 Å². The Bertz CT molecular complexity index is 1020. The van der Waals surface area contributed by atoms with Gasteiger partial charge in [-0.25, -0.2) is 8.42 Å². The molecule has 1 heterocycles. The number of rotatable bonds is 7. The SMILES string of the molecule is COc1ccc(CNC(=O)C[C@@H](C)S(=O)(=O)c2ccc3c(c2)NC(=O)CO3)cc1. The first-order chi connectivity index (χ1) is 13.8. The molecular weight excluding hydrogens is 396 g/mol. The van der Waals surface area contributed by atoms with Crippen LogP contribution in [0.2, 0.25) is 0 Å². The normalized spacial score (nSPS) is 14.2. The molecule has 0 saturated carbocycles. The number of anilines is 1. The standard InChI is InChI=1S/C20H22N2O6S/c1-13(9-19(23)21-11-14-3-5-15(27-2)6-4-14)29(25,26)16-7-8-18-17(10-16)22-20(24)12-28-18/h3-8,10,13H,9,11-12H2,1-2H3,(H,21,23)(H,22,24)/t13-/m1/s1. The number of nitrogens with one attached hydrogen (secondary N) is 2. The van der Waals surface area contributed by atoms with E-state index in [4.69, 9.17) is 9.47 Å². The zero-order valence-corrected chi connectivity index (χ0v) is 16.9.